The fraction of sp³-hybridized carbons (Fsp3) is 0.464. The van der Waals surface area contributed by atoms with E-state index in [1.165, 1.54) is 50.3 Å². The molecular formula is C28H34O5. The van der Waals surface area contributed by atoms with Crippen molar-refractivity contribution in [3.8, 4) is 11.5 Å². The van der Waals surface area contributed by atoms with Crippen LogP contribution in [0.1, 0.15) is 97.8 Å². The number of Topliss-reactive ketones (excluding diaryl/α,β-unsaturated/α-hetero) is 2. The number of carbonyl (C=O) groups is 3. The lowest BCUT2D eigenvalue weighted by atomic mass is 9.87. The number of hydrogen-bond donors (Lipinski definition) is 1. The van der Waals surface area contributed by atoms with Crippen molar-refractivity contribution in [2.24, 2.45) is 5.92 Å². The third-order valence-corrected chi connectivity index (χ3v) is 6.38. The maximum Gasteiger partial charge on any atom is 0.343 e. The second-order valence-corrected chi connectivity index (χ2v) is 8.96. The molecular weight excluding hydrogens is 416 g/mol. The minimum atomic E-state index is -0.552. The van der Waals surface area contributed by atoms with E-state index >= 15 is 0 Å². The Morgan fingerprint density at radius 3 is 1.97 bits per heavy atom. The lowest BCUT2D eigenvalue weighted by molar-refractivity contribution is -0.122. The Bertz CT molecular complexity index is 923. The number of rotatable bonds is 6. The molecule has 5 nitrogen and oxygen atoms in total. The van der Waals surface area contributed by atoms with Gasteiger partial charge in [0.25, 0.3) is 0 Å². The SMILES string of the molecule is O=C(Oc1ccc(O)c(C(=O)CC(=O)C2CCCCCCCCCCC2)c1)c1ccccc1. The highest BCUT2D eigenvalue weighted by atomic mass is 16.5. The summed E-state index contributed by atoms with van der Waals surface area (Å²) < 4.78 is 5.36. The van der Waals surface area contributed by atoms with Crippen molar-refractivity contribution in [3.63, 3.8) is 0 Å². The second-order valence-electron chi connectivity index (χ2n) is 8.96. The fourth-order valence-corrected chi connectivity index (χ4v) is 4.43. The van der Waals surface area contributed by atoms with Crippen LogP contribution in [0.3, 0.4) is 0 Å². The maximum absolute atomic E-state index is 13.0. The summed E-state index contributed by atoms with van der Waals surface area (Å²) in [6, 6.07) is 12.6. The highest BCUT2D eigenvalue weighted by Crippen LogP contribution is 2.27. The molecule has 0 heterocycles. The number of hydrogen-bond acceptors (Lipinski definition) is 5. The van der Waals surface area contributed by atoms with E-state index in [9.17, 15) is 19.5 Å². The summed E-state index contributed by atoms with van der Waals surface area (Å²) in [5.74, 6) is -1.21. The van der Waals surface area contributed by atoms with Gasteiger partial charge in [0, 0.05) is 5.92 Å². The van der Waals surface area contributed by atoms with Crippen LogP contribution in [0.2, 0.25) is 0 Å². The molecule has 1 aliphatic rings. The minimum Gasteiger partial charge on any atom is -0.507 e. The fourth-order valence-electron chi connectivity index (χ4n) is 4.43. The van der Waals surface area contributed by atoms with Crippen molar-refractivity contribution in [2.75, 3.05) is 0 Å². The van der Waals surface area contributed by atoms with Gasteiger partial charge < -0.3 is 9.84 Å². The van der Waals surface area contributed by atoms with Gasteiger partial charge in [0.15, 0.2) is 5.78 Å². The van der Waals surface area contributed by atoms with Gasteiger partial charge in [0.05, 0.1) is 17.5 Å². The average Bonchev–Trinajstić information content (AvgIpc) is 2.81. The summed E-state index contributed by atoms with van der Waals surface area (Å²) in [6.07, 6.45) is 12.0. The van der Waals surface area contributed by atoms with E-state index in [0.29, 0.717) is 5.56 Å². The van der Waals surface area contributed by atoms with Gasteiger partial charge in [-0.2, -0.15) is 0 Å². The van der Waals surface area contributed by atoms with Gasteiger partial charge in [-0.25, -0.2) is 4.79 Å². The van der Waals surface area contributed by atoms with E-state index in [1.54, 1.807) is 30.3 Å². The number of aromatic hydroxyl groups is 1. The molecule has 0 aliphatic heterocycles. The molecule has 1 N–H and O–H groups in total. The Balaban J connectivity index is 1.63. The zero-order valence-electron chi connectivity index (χ0n) is 19.3. The Morgan fingerprint density at radius 1 is 0.788 bits per heavy atom. The zero-order valence-corrected chi connectivity index (χ0v) is 19.3. The normalized spacial score (nSPS) is 16.2. The van der Waals surface area contributed by atoms with Crippen molar-refractivity contribution in [3.05, 3.63) is 59.7 Å². The topological polar surface area (TPSA) is 80.7 Å². The first kappa shape index (κ1) is 24.7. The van der Waals surface area contributed by atoms with E-state index in [2.05, 4.69) is 0 Å². The van der Waals surface area contributed by atoms with Crippen molar-refractivity contribution in [1.82, 2.24) is 0 Å². The first-order valence-electron chi connectivity index (χ1n) is 12.2. The number of phenols is 1. The van der Waals surface area contributed by atoms with E-state index in [-0.39, 0.29) is 35.2 Å². The Labute approximate surface area is 196 Å². The zero-order chi connectivity index (χ0) is 23.5. The maximum atomic E-state index is 13.0. The molecule has 33 heavy (non-hydrogen) atoms. The largest absolute Gasteiger partial charge is 0.507 e. The van der Waals surface area contributed by atoms with Crippen LogP contribution >= 0.6 is 0 Å². The number of ketones is 2. The van der Waals surface area contributed by atoms with E-state index in [0.717, 1.165) is 38.5 Å². The predicted molar refractivity (Wildman–Crippen MR) is 128 cm³/mol. The molecule has 176 valence electrons. The van der Waals surface area contributed by atoms with Crippen LogP contribution in [0.25, 0.3) is 0 Å². The van der Waals surface area contributed by atoms with Crippen LogP contribution < -0.4 is 4.74 Å². The molecule has 1 fully saturated rings. The molecule has 1 saturated carbocycles. The van der Waals surface area contributed by atoms with Gasteiger partial charge in [0.2, 0.25) is 0 Å². The lowest BCUT2D eigenvalue weighted by Gasteiger charge is -2.17. The second kappa shape index (κ2) is 12.9. The molecule has 0 saturated heterocycles. The van der Waals surface area contributed by atoms with Crippen LogP contribution in [-0.2, 0) is 4.79 Å². The van der Waals surface area contributed by atoms with Crippen LogP contribution in [0.4, 0.5) is 0 Å². The Morgan fingerprint density at radius 2 is 1.36 bits per heavy atom. The molecule has 0 amide bonds. The molecule has 5 heteroatoms. The highest BCUT2D eigenvalue weighted by Gasteiger charge is 2.23. The summed E-state index contributed by atoms with van der Waals surface area (Å²) in [6.45, 7) is 0. The number of phenolic OH excluding ortho intramolecular Hbond substituents is 1. The third kappa shape index (κ3) is 7.85. The molecule has 0 atom stereocenters. The van der Waals surface area contributed by atoms with Gasteiger partial charge in [-0.15, -0.1) is 0 Å². The van der Waals surface area contributed by atoms with Gasteiger partial charge in [-0.05, 0) is 43.2 Å². The first-order chi connectivity index (χ1) is 16.0. The molecule has 0 aromatic heterocycles. The van der Waals surface area contributed by atoms with Gasteiger partial charge in [-0.3, -0.25) is 9.59 Å². The third-order valence-electron chi connectivity index (χ3n) is 6.38. The summed E-state index contributed by atoms with van der Waals surface area (Å²) in [4.78, 5) is 38.2. The molecule has 0 spiro atoms. The Hall–Kier alpha value is -2.95. The van der Waals surface area contributed by atoms with Crippen molar-refractivity contribution in [1.29, 1.82) is 0 Å². The summed E-state index contributed by atoms with van der Waals surface area (Å²) >= 11 is 0. The number of benzene rings is 2. The van der Waals surface area contributed by atoms with Gasteiger partial charge in [-0.1, -0.05) is 76.0 Å². The van der Waals surface area contributed by atoms with Crippen LogP contribution in [0.5, 0.6) is 11.5 Å². The van der Waals surface area contributed by atoms with Crippen LogP contribution in [0, 0.1) is 5.92 Å². The minimum absolute atomic E-state index is 0.00913. The highest BCUT2D eigenvalue weighted by molar-refractivity contribution is 6.10. The molecule has 0 radical (unpaired) electrons. The van der Waals surface area contributed by atoms with Crippen LogP contribution in [-0.4, -0.2) is 22.6 Å². The monoisotopic (exact) mass is 450 g/mol. The standard InChI is InChI=1S/C28H34O5/c29-25-18-17-23(33-28(32)22-15-11-8-12-16-22)19-24(25)27(31)20-26(30)21-13-9-6-4-2-1-3-5-7-10-14-21/h8,11-12,15-19,21,29H,1-7,9-10,13-14,20H2. The van der Waals surface area contributed by atoms with Crippen LogP contribution in [0.15, 0.2) is 48.5 Å². The first-order valence-corrected chi connectivity index (χ1v) is 12.2. The quantitative estimate of drug-likeness (QED) is 0.230. The van der Waals surface area contributed by atoms with Crippen molar-refractivity contribution >= 4 is 17.5 Å². The Kier molecular flexibility index (Phi) is 9.67. The molecule has 0 unspecified atom stereocenters. The summed E-state index contributed by atoms with van der Waals surface area (Å²) in [5, 5.41) is 10.2. The summed E-state index contributed by atoms with van der Waals surface area (Å²) in [7, 11) is 0. The van der Waals surface area contributed by atoms with Gasteiger partial charge in [0.1, 0.15) is 17.3 Å². The number of esters is 1. The van der Waals surface area contributed by atoms with Crippen molar-refractivity contribution < 1.29 is 24.2 Å². The molecule has 2 aromatic rings. The van der Waals surface area contributed by atoms with E-state index < -0.39 is 11.8 Å². The molecule has 3 rings (SSSR count). The van der Waals surface area contributed by atoms with Gasteiger partial charge >= 0.3 is 5.97 Å². The smallest absolute Gasteiger partial charge is 0.343 e. The van der Waals surface area contributed by atoms with E-state index in [4.69, 9.17) is 4.74 Å². The summed E-state index contributed by atoms with van der Waals surface area (Å²) in [5.41, 5.74) is 0.394. The predicted octanol–water partition coefficient (Wildman–Crippen LogP) is 6.67. The average molecular weight is 451 g/mol. The van der Waals surface area contributed by atoms with Crippen molar-refractivity contribution in [2.45, 2.75) is 77.0 Å². The molecule has 1 aliphatic carbocycles. The number of carbonyl (C=O) groups excluding carboxylic acids is 3. The number of ether oxygens (including phenoxy) is 1. The lowest BCUT2D eigenvalue weighted by Crippen LogP contribution is -2.19. The molecule has 2 aromatic carbocycles. The molecule has 0 bridgehead atoms. The van der Waals surface area contributed by atoms with E-state index in [1.807, 2.05) is 0 Å².